The Morgan fingerprint density at radius 2 is 2.06 bits per heavy atom. The van der Waals surface area contributed by atoms with Gasteiger partial charge in [0.25, 0.3) is 0 Å². The number of carbonyl (C=O) groups excluding carboxylic acids is 1. The van der Waals surface area contributed by atoms with E-state index in [4.69, 9.17) is 0 Å². The van der Waals surface area contributed by atoms with Crippen LogP contribution < -0.4 is 10.6 Å². The van der Waals surface area contributed by atoms with E-state index in [2.05, 4.69) is 30.7 Å². The van der Waals surface area contributed by atoms with Crippen LogP contribution in [0.15, 0.2) is 0 Å². The van der Waals surface area contributed by atoms with Crippen molar-refractivity contribution in [3.05, 3.63) is 0 Å². The second kappa shape index (κ2) is 7.27. The number of carbonyl (C=O) groups is 1. The first-order valence-corrected chi connectivity index (χ1v) is 8.08. The van der Waals surface area contributed by atoms with Gasteiger partial charge in [-0.05, 0) is 45.0 Å². The maximum Gasteiger partial charge on any atom is 0.226 e. The van der Waals surface area contributed by atoms with E-state index in [0.29, 0.717) is 6.04 Å². The zero-order valence-electron chi connectivity index (χ0n) is 11.3. The van der Waals surface area contributed by atoms with Crippen molar-refractivity contribution in [1.82, 2.24) is 10.6 Å². The van der Waals surface area contributed by atoms with Crippen molar-refractivity contribution in [1.29, 1.82) is 0 Å². The molecular weight excluding hydrogens is 232 g/mol. The first kappa shape index (κ1) is 14.8. The lowest BCUT2D eigenvalue weighted by molar-refractivity contribution is -0.133. The standard InChI is InChI=1S/C13H26N2OS/c1-4-11(10-17-3)15-12(16)13(5-2)6-8-14-9-7-13/h11,14H,4-10H2,1-3H3,(H,15,16). The van der Waals surface area contributed by atoms with E-state index in [1.807, 2.05) is 0 Å². The van der Waals surface area contributed by atoms with Crippen LogP contribution in [0.1, 0.15) is 39.5 Å². The Kier molecular flexibility index (Phi) is 6.34. The molecule has 0 spiro atoms. The molecule has 100 valence electrons. The SMILES string of the molecule is CCC(CSC)NC(=O)C1(CC)CCNCC1. The smallest absolute Gasteiger partial charge is 0.226 e. The lowest BCUT2D eigenvalue weighted by Crippen LogP contribution is -2.50. The molecule has 0 aromatic heterocycles. The molecule has 0 bridgehead atoms. The molecule has 1 rings (SSSR count). The molecule has 1 aliphatic heterocycles. The highest BCUT2D eigenvalue weighted by atomic mass is 32.2. The largest absolute Gasteiger partial charge is 0.352 e. The molecule has 1 saturated heterocycles. The number of thioether (sulfide) groups is 1. The minimum atomic E-state index is -0.114. The van der Waals surface area contributed by atoms with Crippen LogP contribution in [0.3, 0.4) is 0 Å². The Labute approximate surface area is 109 Å². The predicted octanol–water partition coefficient (Wildman–Crippen LogP) is 2.02. The molecule has 3 nitrogen and oxygen atoms in total. The van der Waals surface area contributed by atoms with E-state index in [0.717, 1.165) is 44.5 Å². The summed E-state index contributed by atoms with van der Waals surface area (Å²) >= 11 is 1.80. The van der Waals surface area contributed by atoms with Gasteiger partial charge in [0.2, 0.25) is 5.91 Å². The van der Waals surface area contributed by atoms with Gasteiger partial charge >= 0.3 is 0 Å². The second-order valence-electron chi connectivity index (χ2n) is 4.92. The van der Waals surface area contributed by atoms with Crippen LogP contribution in [0.5, 0.6) is 0 Å². The van der Waals surface area contributed by atoms with Crippen LogP contribution in [-0.4, -0.2) is 37.0 Å². The minimum absolute atomic E-state index is 0.114. The zero-order chi connectivity index (χ0) is 12.7. The molecule has 1 fully saturated rings. The molecule has 0 aromatic rings. The van der Waals surface area contributed by atoms with Crippen molar-refractivity contribution in [2.45, 2.75) is 45.6 Å². The lowest BCUT2D eigenvalue weighted by Gasteiger charge is -2.36. The number of piperidine rings is 1. The molecule has 0 aliphatic carbocycles. The fourth-order valence-electron chi connectivity index (χ4n) is 2.45. The fourth-order valence-corrected chi connectivity index (χ4v) is 3.17. The van der Waals surface area contributed by atoms with Gasteiger partial charge in [-0.3, -0.25) is 4.79 Å². The Morgan fingerprint density at radius 1 is 1.41 bits per heavy atom. The van der Waals surface area contributed by atoms with Crippen LogP contribution in [0.2, 0.25) is 0 Å². The molecule has 1 aliphatic rings. The molecule has 17 heavy (non-hydrogen) atoms. The summed E-state index contributed by atoms with van der Waals surface area (Å²) in [6.07, 6.45) is 6.02. The van der Waals surface area contributed by atoms with Gasteiger partial charge in [0.1, 0.15) is 0 Å². The van der Waals surface area contributed by atoms with Crippen molar-refractivity contribution in [3.8, 4) is 0 Å². The summed E-state index contributed by atoms with van der Waals surface area (Å²) in [5.41, 5.74) is -0.114. The normalized spacial score (nSPS) is 20.9. The van der Waals surface area contributed by atoms with Gasteiger partial charge in [-0.15, -0.1) is 0 Å². The van der Waals surface area contributed by atoms with Crippen LogP contribution in [0, 0.1) is 5.41 Å². The molecule has 1 heterocycles. The van der Waals surface area contributed by atoms with Gasteiger partial charge in [-0.2, -0.15) is 11.8 Å². The van der Waals surface area contributed by atoms with Gasteiger partial charge in [-0.25, -0.2) is 0 Å². The van der Waals surface area contributed by atoms with Crippen molar-refractivity contribution >= 4 is 17.7 Å². The van der Waals surface area contributed by atoms with E-state index in [1.165, 1.54) is 0 Å². The van der Waals surface area contributed by atoms with E-state index in [1.54, 1.807) is 11.8 Å². The first-order chi connectivity index (χ1) is 8.18. The Bertz CT molecular complexity index is 240. The summed E-state index contributed by atoms with van der Waals surface area (Å²) in [5, 5.41) is 6.58. The van der Waals surface area contributed by atoms with Gasteiger partial charge in [0, 0.05) is 11.8 Å². The molecule has 1 amide bonds. The zero-order valence-corrected chi connectivity index (χ0v) is 12.2. The van der Waals surface area contributed by atoms with E-state index in [-0.39, 0.29) is 11.3 Å². The van der Waals surface area contributed by atoms with Crippen molar-refractivity contribution in [2.75, 3.05) is 25.1 Å². The Hall–Kier alpha value is -0.220. The highest BCUT2D eigenvalue weighted by molar-refractivity contribution is 7.98. The number of rotatable bonds is 6. The van der Waals surface area contributed by atoms with Gasteiger partial charge in [0.05, 0.1) is 5.41 Å². The lowest BCUT2D eigenvalue weighted by atomic mass is 9.75. The van der Waals surface area contributed by atoms with Crippen molar-refractivity contribution < 1.29 is 4.79 Å². The van der Waals surface area contributed by atoms with E-state index < -0.39 is 0 Å². The third-order valence-corrected chi connectivity index (χ3v) is 4.65. The average molecular weight is 258 g/mol. The van der Waals surface area contributed by atoms with Crippen LogP contribution in [0.4, 0.5) is 0 Å². The summed E-state index contributed by atoms with van der Waals surface area (Å²) in [4.78, 5) is 12.4. The number of hydrogen-bond donors (Lipinski definition) is 2. The number of amides is 1. The highest BCUT2D eigenvalue weighted by Gasteiger charge is 2.38. The number of nitrogens with one attached hydrogen (secondary N) is 2. The van der Waals surface area contributed by atoms with Crippen molar-refractivity contribution in [3.63, 3.8) is 0 Å². The molecule has 4 heteroatoms. The summed E-state index contributed by atoms with van der Waals surface area (Å²) in [6.45, 7) is 6.23. The topological polar surface area (TPSA) is 41.1 Å². The van der Waals surface area contributed by atoms with Crippen LogP contribution in [0.25, 0.3) is 0 Å². The average Bonchev–Trinajstić information content (AvgIpc) is 2.38. The quantitative estimate of drug-likeness (QED) is 0.766. The van der Waals surface area contributed by atoms with E-state index in [9.17, 15) is 4.79 Å². The van der Waals surface area contributed by atoms with Crippen molar-refractivity contribution in [2.24, 2.45) is 5.41 Å². The summed E-state index contributed by atoms with van der Waals surface area (Å²) in [5.74, 6) is 1.29. The fraction of sp³-hybridized carbons (Fsp3) is 0.923. The van der Waals surface area contributed by atoms with Gasteiger partial charge in [-0.1, -0.05) is 13.8 Å². The minimum Gasteiger partial charge on any atom is -0.352 e. The first-order valence-electron chi connectivity index (χ1n) is 6.69. The third-order valence-electron chi connectivity index (χ3n) is 3.91. The Balaban J connectivity index is 2.58. The molecule has 0 saturated carbocycles. The Morgan fingerprint density at radius 3 is 2.53 bits per heavy atom. The third kappa shape index (κ3) is 3.88. The second-order valence-corrected chi connectivity index (χ2v) is 5.83. The predicted molar refractivity (Wildman–Crippen MR) is 75.4 cm³/mol. The summed E-state index contributed by atoms with van der Waals surface area (Å²) in [7, 11) is 0. The summed E-state index contributed by atoms with van der Waals surface area (Å²) < 4.78 is 0. The molecule has 1 unspecified atom stereocenters. The highest BCUT2D eigenvalue weighted by Crippen LogP contribution is 2.32. The van der Waals surface area contributed by atoms with Gasteiger partial charge < -0.3 is 10.6 Å². The molecule has 1 atom stereocenters. The monoisotopic (exact) mass is 258 g/mol. The summed E-state index contributed by atoms with van der Waals surface area (Å²) in [6, 6.07) is 0.329. The molecular formula is C13H26N2OS. The molecule has 0 aromatic carbocycles. The van der Waals surface area contributed by atoms with E-state index >= 15 is 0 Å². The molecule has 2 N–H and O–H groups in total. The van der Waals surface area contributed by atoms with Crippen LogP contribution >= 0.6 is 11.8 Å². The van der Waals surface area contributed by atoms with Gasteiger partial charge in [0.15, 0.2) is 0 Å². The maximum absolute atomic E-state index is 12.4. The number of hydrogen-bond acceptors (Lipinski definition) is 3. The maximum atomic E-state index is 12.4. The molecule has 0 radical (unpaired) electrons. The van der Waals surface area contributed by atoms with Crippen LogP contribution in [-0.2, 0) is 4.79 Å².